The molecule has 0 unspecified atom stereocenters. The highest BCUT2D eigenvalue weighted by atomic mass is 16.5. The Morgan fingerprint density at radius 3 is 2.55 bits per heavy atom. The van der Waals surface area contributed by atoms with Crippen molar-refractivity contribution in [2.24, 2.45) is 0 Å². The van der Waals surface area contributed by atoms with E-state index >= 15 is 0 Å². The van der Waals surface area contributed by atoms with E-state index < -0.39 is 0 Å². The first-order valence-corrected chi connectivity index (χ1v) is 9.32. The van der Waals surface area contributed by atoms with E-state index in [0.29, 0.717) is 36.6 Å². The highest BCUT2D eigenvalue weighted by molar-refractivity contribution is 5.98. The molecule has 0 atom stereocenters. The van der Waals surface area contributed by atoms with Gasteiger partial charge in [-0.15, -0.1) is 0 Å². The molecule has 0 saturated heterocycles. The van der Waals surface area contributed by atoms with Gasteiger partial charge in [0.25, 0.3) is 5.91 Å². The van der Waals surface area contributed by atoms with Gasteiger partial charge in [0.1, 0.15) is 5.82 Å². The number of nitrogens with two attached hydrogens (primary N) is 1. The minimum Gasteiger partial charge on any atom is -0.493 e. The van der Waals surface area contributed by atoms with Crippen molar-refractivity contribution in [2.75, 3.05) is 40.6 Å². The maximum absolute atomic E-state index is 12.9. The minimum atomic E-state index is -0.202. The van der Waals surface area contributed by atoms with Gasteiger partial charge < -0.3 is 25.0 Å². The Labute approximate surface area is 170 Å². The van der Waals surface area contributed by atoms with Crippen molar-refractivity contribution < 1.29 is 19.1 Å². The van der Waals surface area contributed by atoms with E-state index in [2.05, 4.69) is 4.98 Å². The molecule has 2 amide bonds. The lowest BCUT2D eigenvalue weighted by Gasteiger charge is -2.29. The van der Waals surface area contributed by atoms with Gasteiger partial charge in [-0.3, -0.25) is 9.59 Å². The van der Waals surface area contributed by atoms with Crippen molar-refractivity contribution in [3.8, 4) is 11.5 Å². The molecule has 0 aliphatic carbocycles. The van der Waals surface area contributed by atoms with E-state index in [9.17, 15) is 9.59 Å². The largest absolute Gasteiger partial charge is 0.493 e. The smallest absolute Gasteiger partial charge is 0.257 e. The monoisotopic (exact) mass is 398 g/mol. The number of carbonyl (C=O) groups excluding carboxylic acids is 2. The zero-order valence-corrected chi connectivity index (χ0v) is 17.2. The summed E-state index contributed by atoms with van der Waals surface area (Å²) in [4.78, 5) is 32.8. The molecular weight excluding hydrogens is 372 g/mol. The lowest BCUT2D eigenvalue weighted by atomic mass is 10.0. The second-order valence-electron chi connectivity index (χ2n) is 7.16. The number of methoxy groups -OCH3 is 2. The second-order valence-corrected chi connectivity index (χ2v) is 7.16. The summed E-state index contributed by atoms with van der Waals surface area (Å²) < 4.78 is 10.6. The summed E-state index contributed by atoms with van der Waals surface area (Å²) in [5, 5.41) is 0. The van der Waals surface area contributed by atoms with E-state index in [1.807, 2.05) is 12.1 Å². The fourth-order valence-corrected chi connectivity index (χ4v) is 3.39. The highest BCUT2D eigenvalue weighted by Crippen LogP contribution is 2.28. The first-order valence-electron chi connectivity index (χ1n) is 9.32. The van der Waals surface area contributed by atoms with E-state index in [0.717, 1.165) is 16.8 Å². The molecule has 1 aliphatic heterocycles. The molecule has 1 aromatic carbocycles. The number of amides is 2. The van der Waals surface area contributed by atoms with E-state index in [-0.39, 0.29) is 24.1 Å². The van der Waals surface area contributed by atoms with Crippen molar-refractivity contribution >= 4 is 17.6 Å². The number of hydrogen-bond donors (Lipinski definition) is 1. The predicted molar refractivity (Wildman–Crippen MR) is 109 cm³/mol. The average Bonchev–Trinajstić information content (AvgIpc) is 2.72. The van der Waals surface area contributed by atoms with Gasteiger partial charge in [0.15, 0.2) is 11.5 Å². The van der Waals surface area contributed by atoms with Gasteiger partial charge in [-0.2, -0.15) is 0 Å². The molecule has 0 fully saturated rings. The number of anilines is 1. The Hall–Kier alpha value is -3.29. The van der Waals surface area contributed by atoms with E-state index in [1.165, 1.54) is 4.90 Å². The fraction of sp³-hybridized carbons (Fsp3) is 0.381. The zero-order valence-electron chi connectivity index (χ0n) is 17.2. The standard InChI is InChI=1S/C21H26N4O4/c1-24(2)21(27)15-11-14-12-25(8-7-16(14)23-20(15)22)19(26)10-13-5-6-17(28-3)18(9-13)29-4/h5-6,9,11H,7-8,10,12H2,1-4H3,(H2,22,23). The molecule has 2 N–H and O–H groups in total. The number of aromatic nitrogens is 1. The van der Waals surface area contributed by atoms with Crippen LogP contribution in [0.25, 0.3) is 0 Å². The first-order chi connectivity index (χ1) is 13.8. The molecule has 29 heavy (non-hydrogen) atoms. The second kappa shape index (κ2) is 8.38. The SMILES string of the molecule is COc1ccc(CC(=O)N2CCc3nc(N)c(C(=O)N(C)C)cc3C2)cc1OC. The Balaban J connectivity index is 1.77. The summed E-state index contributed by atoms with van der Waals surface area (Å²) in [6.07, 6.45) is 0.856. The number of ether oxygens (including phenoxy) is 2. The number of hydrogen-bond acceptors (Lipinski definition) is 6. The van der Waals surface area contributed by atoms with Crippen LogP contribution in [0, 0.1) is 0 Å². The molecule has 3 rings (SSSR count). The quantitative estimate of drug-likeness (QED) is 0.820. The Morgan fingerprint density at radius 2 is 1.90 bits per heavy atom. The molecule has 0 radical (unpaired) electrons. The van der Waals surface area contributed by atoms with E-state index in [4.69, 9.17) is 15.2 Å². The maximum atomic E-state index is 12.9. The summed E-state index contributed by atoms with van der Waals surface area (Å²) in [6, 6.07) is 7.21. The predicted octanol–water partition coefficient (Wildman–Crippen LogP) is 1.51. The van der Waals surface area contributed by atoms with Gasteiger partial charge in [-0.1, -0.05) is 6.07 Å². The Morgan fingerprint density at radius 1 is 1.17 bits per heavy atom. The number of nitrogens with zero attached hydrogens (tertiary/aromatic N) is 3. The van der Waals surface area contributed by atoms with Crippen LogP contribution in [0.3, 0.4) is 0 Å². The van der Waals surface area contributed by atoms with Gasteiger partial charge in [-0.25, -0.2) is 4.98 Å². The number of nitrogen functional groups attached to an aromatic ring is 1. The lowest BCUT2D eigenvalue weighted by molar-refractivity contribution is -0.131. The van der Waals surface area contributed by atoms with Crippen molar-refractivity contribution in [2.45, 2.75) is 19.4 Å². The highest BCUT2D eigenvalue weighted by Gasteiger charge is 2.25. The Bertz CT molecular complexity index is 943. The molecule has 0 spiro atoms. The van der Waals surface area contributed by atoms with Crippen LogP contribution >= 0.6 is 0 Å². The summed E-state index contributed by atoms with van der Waals surface area (Å²) in [7, 11) is 6.47. The van der Waals surface area contributed by atoms with Crippen LogP contribution < -0.4 is 15.2 Å². The number of fused-ring (bicyclic) bond motifs is 1. The molecular formula is C21H26N4O4. The minimum absolute atomic E-state index is 0.000168. The Kier molecular flexibility index (Phi) is 5.91. The van der Waals surface area contributed by atoms with Crippen LogP contribution in [0.15, 0.2) is 24.3 Å². The first kappa shape index (κ1) is 20.4. The molecule has 0 saturated carbocycles. The summed E-state index contributed by atoms with van der Waals surface area (Å²) in [5.41, 5.74) is 8.88. The number of benzene rings is 1. The molecule has 8 heteroatoms. The number of carbonyl (C=O) groups is 2. The maximum Gasteiger partial charge on any atom is 0.257 e. The van der Waals surface area contributed by atoms with Gasteiger partial charge >= 0.3 is 0 Å². The zero-order chi connectivity index (χ0) is 21.1. The average molecular weight is 398 g/mol. The topological polar surface area (TPSA) is 98.0 Å². The summed E-state index contributed by atoms with van der Waals surface area (Å²) in [5.74, 6) is 1.24. The molecule has 154 valence electrons. The van der Waals surface area contributed by atoms with Crippen molar-refractivity contribution in [1.29, 1.82) is 0 Å². The normalized spacial score (nSPS) is 12.9. The van der Waals surface area contributed by atoms with E-state index in [1.54, 1.807) is 45.3 Å². The molecule has 2 heterocycles. The van der Waals surface area contributed by atoms with Crippen LogP contribution in [0.5, 0.6) is 11.5 Å². The number of rotatable bonds is 5. The third-order valence-electron chi connectivity index (χ3n) is 4.99. The van der Waals surface area contributed by atoms with Crippen molar-refractivity contribution in [3.63, 3.8) is 0 Å². The third kappa shape index (κ3) is 4.26. The molecule has 1 aromatic heterocycles. The fourth-order valence-electron chi connectivity index (χ4n) is 3.39. The van der Waals surface area contributed by atoms with Gasteiger partial charge in [0, 0.05) is 39.3 Å². The molecule has 0 bridgehead atoms. The third-order valence-corrected chi connectivity index (χ3v) is 4.99. The summed E-state index contributed by atoms with van der Waals surface area (Å²) >= 11 is 0. The van der Waals surface area contributed by atoms with Crippen LogP contribution in [-0.2, 0) is 24.2 Å². The van der Waals surface area contributed by atoms with Crippen LogP contribution in [0.2, 0.25) is 0 Å². The van der Waals surface area contributed by atoms with Crippen LogP contribution in [-0.4, -0.2) is 61.5 Å². The summed E-state index contributed by atoms with van der Waals surface area (Å²) in [6.45, 7) is 0.967. The number of pyridine rings is 1. The van der Waals surface area contributed by atoms with Crippen molar-refractivity contribution in [3.05, 3.63) is 46.6 Å². The van der Waals surface area contributed by atoms with Gasteiger partial charge in [-0.05, 0) is 29.3 Å². The van der Waals surface area contributed by atoms with Gasteiger partial charge in [0.2, 0.25) is 5.91 Å². The van der Waals surface area contributed by atoms with Gasteiger partial charge in [0.05, 0.1) is 26.2 Å². The molecule has 8 nitrogen and oxygen atoms in total. The van der Waals surface area contributed by atoms with Crippen molar-refractivity contribution in [1.82, 2.24) is 14.8 Å². The lowest BCUT2D eigenvalue weighted by Crippen LogP contribution is -2.37. The van der Waals surface area contributed by atoms with Crippen LogP contribution in [0.1, 0.15) is 27.2 Å². The molecule has 2 aromatic rings. The molecule has 1 aliphatic rings. The van der Waals surface area contributed by atoms with Crippen LogP contribution in [0.4, 0.5) is 5.82 Å².